The van der Waals surface area contributed by atoms with Crippen LogP contribution in [0.2, 0.25) is 0 Å². The molecule has 220 valence electrons. The third-order valence-electron chi connectivity index (χ3n) is 7.53. The first-order valence-corrected chi connectivity index (χ1v) is 14.9. The lowest BCUT2D eigenvalue weighted by Crippen LogP contribution is -2.42. The molecule has 1 fully saturated rings. The van der Waals surface area contributed by atoms with Crippen LogP contribution in [-0.4, -0.2) is 43.0 Å². The second kappa shape index (κ2) is 15.7. The quantitative estimate of drug-likeness (QED) is 0.0993. The lowest BCUT2D eigenvalue weighted by molar-refractivity contribution is -0.158. The Hall–Kier alpha value is -3.06. The number of terminal acetylenes is 1. The first kappa shape index (κ1) is 31.5. The van der Waals surface area contributed by atoms with E-state index >= 15 is 0 Å². The van der Waals surface area contributed by atoms with Gasteiger partial charge in [0.1, 0.15) is 18.1 Å². The number of unbranched alkanes of at least 4 members (excludes halogenated alkanes) is 10. The van der Waals surface area contributed by atoms with Crippen molar-refractivity contribution >= 4 is 28.7 Å². The van der Waals surface area contributed by atoms with Gasteiger partial charge in [-0.3, -0.25) is 14.2 Å². The molecule has 0 spiro atoms. The summed E-state index contributed by atoms with van der Waals surface area (Å²) in [4.78, 5) is 37.2. The number of nitrogens with two attached hydrogens (primary N) is 1. The molecule has 2 N–H and O–H groups in total. The van der Waals surface area contributed by atoms with E-state index < -0.39 is 24.0 Å². The molecule has 2 aromatic heterocycles. The highest BCUT2D eigenvalue weighted by atomic mass is 19.1. The predicted octanol–water partition coefficient (Wildman–Crippen LogP) is 6.21. The first-order valence-electron chi connectivity index (χ1n) is 14.9. The van der Waals surface area contributed by atoms with Crippen molar-refractivity contribution in [2.75, 3.05) is 5.73 Å². The van der Waals surface area contributed by atoms with Gasteiger partial charge in [-0.2, -0.15) is 14.4 Å². The van der Waals surface area contributed by atoms with E-state index in [1.807, 2.05) is 6.92 Å². The van der Waals surface area contributed by atoms with Gasteiger partial charge in [-0.1, -0.05) is 84.0 Å². The number of Topliss-reactive ketones (excluding diaryl/α,β-unsaturated/α-hetero) is 1. The summed E-state index contributed by atoms with van der Waals surface area (Å²) in [6, 6.07) is 0. The molecular weight excluding hydrogens is 513 g/mol. The molecule has 1 saturated heterocycles. The average molecular weight is 558 g/mol. The Morgan fingerprint density at radius 1 is 1.07 bits per heavy atom. The van der Waals surface area contributed by atoms with Gasteiger partial charge >= 0.3 is 12.0 Å². The fourth-order valence-electron chi connectivity index (χ4n) is 5.24. The molecule has 0 saturated carbocycles. The van der Waals surface area contributed by atoms with Gasteiger partial charge in [0.15, 0.2) is 22.6 Å². The minimum atomic E-state index is -1.45. The van der Waals surface area contributed by atoms with Crippen molar-refractivity contribution in [2.45, 2.75) is 135 Å². The van der Waals surface area contributed by atoms with Gasteiger partial charge in [-0.05, 0) is 12.8 Å². The van der Waals surface area contributed by atoms with Gasteiger partial charge in [-0.25, -0.2) is 4.98 Å². The van der Waals surface area contributed by atoms with Gasteiger partial charge in [0.25, 0.3) is 0 Å². The standard InChI is InChI=1S/C30H44FN5O4/c1-4-7-9-10-11-12-13-14-15-16-18-25(38)39-23-19-24(40-30(23,6-3)20-22(37)17-8-5-2)36-21-33-26-27(32)34-29(31)35-28(26)36/h3,21,23-24H,4-5,7-20H2,1-2H3,(H2,32,34,35)/t23-,24+,30-/m0/s1. The molecule has 3 rings (SSSR count). The maximum Gasteiger partial charge on any atom is 0.312 e. The third kappa shape index (κ3) is 8.47. The van der Waals surface area contributed by atoms with Crippen LogP contribution in [0.1, 0.15) is 123 Å². The molecule has 0 radical (unpaired) electrons. The normalized spacial score (nSPS) is 20.6. The molecule has 0 aliphatic carbocycles. The van der Waals surface area contributed by atoms with Crippen molar-refractivity contribution in [1.82, 2.24) is 19.5 Å². The van der Waals surface area contributed by atoms with Crippen molar-refractivity contribution in [1.29, 1.82) is 0 Å². The Morgan fingerprint density at radius 3 is 2.38 bits per heavy atom. The maximum atomic E-state index is 13.9. The number of nitrogen functional groups attached to an aromatic ring is 1. The van der Waals surface area contributed by atoms with Crippen molar-refractivity contribution in [2.24, 2.45) is 0 Å². The van der Waals surface area contributed by atoms with Gasteiger partial charge < -0.3 is 15.2 Å². The second-order valence-electron chi connectivity index (χ2n) is 10.8. The number of aromatic nitrogens is 4. The topological polar surface area (TPSA) is 122 Å². The van der Waals surface area contributed by atoms with Crippen LogP contribution >= 0.6 is 0 Å². The third-order valence-corrected chi connectivity index (χ3v) is 7.53. The van der Waals surface area contributed by atoms with E-state index in [1.165, 1.54) is 55.8 Å². The van der Waals surface area contributed by atoms with E-state index in [0.29, 0.717) is 6.42 Å². The van der Waals surface area contributed by atoms with Crippen LogP contribution < -0.4 is 5.73 Å². The van der Waals surface area contributed by atoms with E-state index in [0.717, 1.165) is 32.1 Å². The Kier molecular flexibility index (Phi) is 12.3. The van der Waals surface area contributed by atoms with E-state index in [4.69, 9.17) is 21.6 Å². The monoisotopic (exact) mass is 557 g/mol. The maximum absolute atomic E-state index is 13.9. The van der Waals surface area contributed by atoms with Crippen LogP contribution in [0.15, 0.2) is 6.33 Å². The zero-order chi connectivity index (χ0) is 29.0. The predicted molar refractivity (Wildman–Crippen MR) is 151 cm³/mol. The SMILES string of the molecule is C#C[C@@]1(CC(=O)CCCC)O[C@@H](n2cnc3c(N)nc(F)nc32)C[C@@H]1OC(=O)CCCCCCCCCCCC. The minimum Gasteiger partial charge on any atom is -0.458 e. The van der Waals surface area contributed by atoms with E-state index in [2.05, 4.69) is 27.8 Å². The summed E-state index contributed by atoms with van der Waals surface area (Å²) in [5, 5.41) is 0. The zero-order valence-electron chi connectivity index (χ0n) is 24.0. The summed E-state index contributed by atoms with van der Waals surface area (Å²) in [7, 11) is 0. The molecule has 10 heteroatoms. The second-order valence-corrected chi connectivity index (χ2v) is 10.8. The zero-order valence-corrected chi connectivity index (χ0v) is 24.0. The molecule has 3 atom stereocenters. The first-order chi connectivity index (χ1) is 19.3. The number of ether oxygens (including phenoxy) is 2. The molecule has 0 aromatic carbocycles. The van der Waals surface area contributed by atoms with Crippen molar-refractivity contribution in [3.05, 3.63) is 12.4 Å². The summed E-state index contributed by atoms with van der Waals surface area (Å²) in [5.41, 5.74) is 4.72. The number of anilines is 1. The lowest BCUT2D eigenvalue weighted by atomic mass is 9.90. The van der Waals surface area contributed by atoms with Crippen LogP contribution in [0, 0.1) is 18.4 Å². The molecule has 0 bridgehead atoms. The van der Waals surface area contributed by atoms with Crippen molar-refractivity contribution < 1.29 is 23.5 Å². The van der Waals surface area contributed by atoms with E-state index in [-0.39, 0.29) is 48.0 Å². The fourth-order valence-corrected chi connectivity index (χ4v) is 5.24. The van der Waals surface area contributed by atoms with Gasteiger partial charge in [-0.15, -0.1) is 6.42 Å². The van der Waals surface area contributed by atoms with Gasteiger partial charge in [0, 0.05) is 19.3 Å². The number of rotatable bonds is 18. The molecular formula is C30H44FN5O4. The Morgan fingerprint density at radius 2 is 1.73 bits per heavy atom. The molecule has 0 amide bonds. The van der Waals surface area contributed by atoms with E-state index in [1.54, 1.807) is 0 Å². The highest BCUT2D eigenvalue weighted by Gasteiger charge is 2.52. The van der Waals surface area contributed by atoms with Gasteiger partial charge in [0.2, 0.25) is 0 Å². The number of carbonyl (C=O) groups is 2. The van der Waals surface area contributed by atoms with Crippen LogP contribution in [-0.2, 0) is 19.1 Å². The van der Waals surface area contributed by atoms with Gasteiger partial charge in [0.05, 0.1) is 12.7 Å². The average Bonchev–Trinajstić information content (AvgIpc) is 3.50. The summed E-state index contributed by atoms with van der Waals surface area (Å²) in [6.45, 7) is 4.22. The summed E-state index contributed by atoms with van der Waals surface area (Å²) >= 11 is 0. The van der Waals surface area contributed by atoms with Crippen molar-refractivity contribution in [3.8, 4) is 12.3 Å². The number of carbonyl (C=O) groups excluding carboxylic acids is 2. The van der Waals surface area contributed by atoms with Crippen LogP contribution in [0.4, 0.5) is 10.2 Å². The van der Waals surface area contributed by atoms with E-state index in [9.17, 15) is 14.0 Å². The number of hydrogen-bond acceptors (Lipinski definition) is 8. The Bertz CT molecular complexity index is 1160. The van der Waals surface area contributed by atoms with Crippen LogP contribution in [0.5, 0.6) is 0 Å². The number of halogens is 1. The minimum absolute atomic E-state index is 0.0655. The molecule has 9 nitrogen and oxygen atoms in total. The molecule has 40 heavy (non-hydrogen) atoms. The molecule has 2 aromatic rings. The van der Waals surface area contributed by atoms with Crippen molar-refractivity contribution in [3.63, 3.8) is 0 Å². The summed E-state index contributed by atoms with van der Waals surface area (Å²) in [5.74, 6) is 2.09. The highest BCUT2D eigenvalue weighted by Crippen LogP contribution is 2.42. The largest absolute Gasteiger partial charge is 0.458 e. The summed E-state index contributed by atoms with van der Waals surface area (Å²) in [6.07, 6.45) is 18.6. The van der Waals surface area contributed by atoms with Crippen LogP contribution in [0.25, 0.3) is 11.2 Å². The summed E-state index contributed by atoms with van der Waals surface area (Å²) < 4.78 is 27.6. The number of fused-ring (bicyclic) bond motifs is 1. The number of hydrogen-bond donors (Lipinski definition) is 1. The molecule has 3 heterocycles. The molecule has 0 unspecified atom stereocenters. The lowest BCUT2D eigenvalue weighted by Gasteiger charge is -2.28. The number of nitrogens with zero attached hydrogens (tertiary/aromatic N) is 4. The number of imidazole rings is 1. The smallest absolute Gasteiger partial charge is 0.312 e. The molecule has 1 aliphatic rings. The fraction of sp³-hybridized carbons (Fsp3) is 0.700. The highest BCUT2D eigenvalue weighted by molar-refractivity contribution is 5.82. The Balaban J connectivity index is 1.63. The number of esters is 1. The molecule has 1 aliphatic heterocycles. The number of ketones is 1. The Labute approximate surface area is 236 Å². The van der Waals surface area contributed by atoms with Crippen LogP contribution in [0.3, 0.4) is 0 Å².